The summed E-state index contributed by atoms with van der Waals surface area (Å²) in [5.74, 6) is -1.07. The lowest BCUT2D eigenvalue weighted by atomic mass is 9.99. The van der Waals surface area contributed by atoms with E-state index in [1.54, 1.807) is 31.2 Å². The van der Waals surface area contributed by atoms with Gasteiger partial charge in [0.25, 0.3) is 0 Å². The molecule has 108 valence electrons. The van der Waals surface area contributed by atoms with Crippen molar-refractivity contribution in [1.29, 1.82) is 0 Å². The van der Waals surface area contributed by atoms with Gasteiger partial charge in [-0.25, -0.2) is 0 Å². The minimum absolute atomic E-state index is 0.0302. The molecule has 1 atom stereocenters. The third-order valence-electron chi connectivity index (χ3n) is 2.80. The van der Waals surface area contributed by atoms with E-state index >= 15 is 0 Å². The summed E-state index contributed by atoms with van der Waals surface area (Å²) in [5.41, 5.74) is 0.586. The Morgan fingerprint density at radius 1 is 1.20 bits per heavy atom. The molecule has 1 N–H and O–H groups in total. The Morgan fingerprint density at radius 2 is 1.85 bits per heavy atom. The molecule has 0 saturated heterocycles. The second-order valence-corrected chi connectivity index (χ2v) is 4.58. The average Bonchev–Trinajstić information content (AvgIpc) is 2.45. The second-order valence-electron chi connectivity index (χ2n) is 4.58. The van der Waals surface area contributed by atoms with Gasteiger partial charge in [-0.15, -0.1) is 0 Å². The maximum Gasteiger partial charge on any atom is 0.223 e. The number of nitrogens with one attached hydrogen (secondary N) is 1. The first-order valence-corrected chi connectivity index (χ1v) is 6.41. The monoisotopic (exact) mass is 277 g/mol. The molecule has 0 aliphatic rings. The van der Waals surface area contributed by atoms with Crippen molar-refractivity contribution in [2.45, 2.75) is 13.3 Å². The van der Waals surface area contributed by atoms with Crippen molar-refractivity contribution in [1.82, 2.24) is 5.32 Å². The fourth-order valence-electron chi connectivity index (χ4n) is 1.68. The average molecular weight is 277 g/mol. The van der Waals surface area contributed by atoms with Crippen LogP contribution < -0.4 is 5.32 Å². The third kappa shape index (κ3) is 5.32. The summed E-state index contributed by atoms with van der Waals surface area (Å²) in [7, 11) is 1.42. The molecule has 1 rings (SSSR count). The summed E-state index contributed by atoms with van der Waals surface area (Å²) in [6.07, 6.45) is 0.119. The van der Waals surface area contributed by atoms with E-state index in [1.807, 2.05) is 6.07 Å². The second kappa shape index (κ2) is 8.22. The molecule has 0 aliphatic carbocycles. The number of hydrogen-bond acceptors (Lipinski definition) is 4. The van der Waals surface area contributed by atoms with Gasteiger partial charge in [0.2, 0.25) is 5.91 Å². The van der Waals surface area contributed by atoms with Crippen molar-refractivity contribution in [3.05, 3.63) is 35.9 Å². The third-order valence-corrected chi connectivity index (χ3v) is 2.80. The van der Waals surface area contributed by atoms with Crippen LogP contribution in [-0.2, 0) is 14.3 Å². The fraction of sp³-hybridized carbons (Fsp3) is 0.400. The summed E-state index contributed by atoms with van der Waals surface area (Å²) in [6.45, 7) is 1.56. The topological polar surface area (TPSA) is 72.5 Å². The molecule has 1 aromatic rings. The number of benzene rings is 1. The zero-order valence-corrected chi connectivity index (χ0v) is 11.7. The molecule has 0 saturated carbocycles. The SMILES string of the molecule is COCC(=O)CNC(=O)C(C)CC(=O)c1ccccc1. The Morgan fingerprint density at radius 3 is 2.45 bits per heavy atom. The van der Waals surface area contributed by atoms with Gasteiger partial charge in [0.15, 0.2) is 11.6 Å². The van der Waals surface area contributed by atoms with Crippen LogP contribution in [0.4, 0.5) is 0 Å². The van der Waals surface area contributed by atoms with Crippen molar-refractivity contribution in [2.24, 2.45) is 5.92 Å². The van der Waals surface area contributed by atoms with Gasteiger partial charge in [-0.05, 0) is 0 Å². The molecule has 5 heteroatoms. The summed E-state index contributed by atoms with van der Waals surface area (Å²) in [4.78, 5) is 34.9. The van der Waals surface area contributed by atoms with Crippen LogP contribution >= 0.6 is 0 Å². The van der Waals surface area contributed by atoms with Crippen LogP contribution in [0, 0.1) is 5.92 Å². The zero-order chi connectivity index (χ0) is 15.0. The van der Waals surface area contributed by atoms with Gasteiger partial charge in [-0.3, -0.25) is 14.4 Å². The maximum absolute atomic E-state index is 11.9. The number of Topliss-reactive ketones (excluding diaryl/α,β-unsaturated/α-hetero) is 2. The van der Waals surface area contributed by atoms with E-state index in [2.05, 4.69) is 10.1 Å². The van der Waals surface area contributed by atoms with Crippen LogP contribution in [0.15, 0.2) is 30.3 Å². The molecule has 0 aromatic heterocycles. The summed E-state index contributed by atoms with van der Waals surface area (Å²) < 4.78 is 4.66. The number of ether oxygens (including phenoxy) is 1. The van der Waals surface area contributed by atoms with E-state index in [0.29, 0.717) is 5.56 Å². The Balaban J connectivity index is 2.42. The Kier molecular flexibility index (Phi) is 6.59. The van der Waals surface area contributed by atoms with Gasteiger partial charge < -0.3 is 10.1 Å². The van der Waals surface area contributed by atoms with Gasteiger partial charge >= 0.3 is 0 Å². The number of methoxy groups -OCH3 is 1. The first-order chi connectivity index (χ1) is 9.54. The lowest BCUT2D eigenvalue weighted by molar-refractivity contribution is -0.128. The lowest BCUT2D eigenvalue weighted by Crippen LogP contribution is -2.35. The predicted molar refractivity (Wildman–Crippen MR) is 74.4 cm³/mol. The molecule has 1 unspecified atom stereocenters. The van der Waals surface area contributed by atoms with Crippen LogP contribution in [-0.4, -0.2) is 37.7 Å². The van der Waals surface area contributed by atoms with Gasteiger partial charge in [-0.1, -0.05) is 37.3 Å². The van der Waals surface area contributed by atoms with Gasteiger partial charge in [0, 0.05) is 25.0 Å². The minimum Gasteiger partial charge on any atom is -0.377 e. The van der Waals surface area contributed by atoms with Crippen molar-refractivity contribution in [3.63, 3.8) is 0 Å². The summed E-state index contributed by atoms with van der Waals surface area (Å²) >= 11 is 0. The Bertz CT molecular complexity index is 470. The number of hydrogen-bond donors (Lipinski definition) is 1. The number of ketones is 2. The standard InChI is InChI=1S/C15H19NO4/c1-11(15(19)16-9-13(17)10-20-2)8-14(18)12-6-4-3-5-7-12/h3-7,11H,8-10H2,1-2H3,(H,16,19). The molecule has 0 bridgehead atoms. The van der Waals surface area contributed by atoms with E-state index in [0.717, 1.165) is 0 Å². The van der Waals surface area contributed by atoms with Crippen molar-refractivity contribution in [2.75, 3.05) is 20.3 Å². The van der Waals surface area contributed by atoms with Crippen molar-refractivity contribution >= 4 is 17.5 Å². The molecular formula is C15H19NO4. The van der Waals surface area contributed by atoms with Gasteiger partial charge in [-0.2, -0.15) is 0 Å². The normalized spacial score (nSPS) is 11.7. The molecule has 0 spiro atoms. The molecule has 0 radical (unpaired) electrons. The first-order valence-electron chi connectivity index (χ1n) is 6.41. The largest absolute Gasteiger partial charge is 0.377 e. The zero-order valence-electron chi connectivity index (χ0n) is 11.7. The molecule has 0 fully saturated rings. The Labute approximate surface area is 118 Å². The van der Waals surface area contributed by atoms with Gasteiger partial charge in [0.05, 0.1) is 6.54 Å². The minimum atomic E-state index is -0.474. The highest BCUT2D eigenvalue weighted by atomic mass is 16.5. The summed E-state index contributed by atoms with van der Waals surface area (Å²) in [6, 6.07) is 8.82. The highest BCUT2D eigenvalue weighted by Gasteiger charge is 2.18. The molecule has 1 aromatic carbocycles. The number of carbonyl (C=O) groups excluding carboxylic acids is 3. The van der Waals surface area contributed by atoms with Crippen LogP contribution in [0.1, 0.15) is 23.7 Å². The van der Waals surface area contributed by atoms with Crippen LogP contribution in [0.5, 0.6) is 0 Å². The van der Waals surface area contributed by atoms with E-state index in [9.17, 15) is 14.4 Å². The van der Waals surface area contributed by atoms with E-state index < -0.39 is 5.92 Å². The van der Waals surface area contributed by atoms with E-state index in [1.165, 1.54) is 7.11 Å². The van der Waals surface area contributed by atoms with Crippen LogP contribution in [0.2, 0.25) is 0 Å². The molecule has 1 amide bonds. The molecule has 20 heavy (non-hydrogen) atoms. The first kappa shape index (κ1) is 16.0. The van der Waals surface area contributed by atoms with E-state index in [4.69, 9.17) is 0 Å². The maximum atomic E-state index is 11.9. The van der Waals surface area contributed by atoms with Crippen molar-refractivity contribution < 1.29 is 19.1 Å². The molecule has 0 heterocycles. The molecular weight excluding hydrogens is 258 g/mol. The number of rotatable bonds is 8. The highest BCUT2D eigenvalue weighted by molar-refractivity contribution is 5.98. The fourth-order valence-corrected chi connectivity index (χ4v) is 1.68. The number of amides is 1. The van der Waals surface area contributed by atoms with Crippen LogP contribution in [0.25, 0.3) is 0 Å². The lowest BCUT2D eigenvalue weighted by Gasteiger charge is -2.11. The summed E-state index contributed by atoms with van der Waals surface area (Å²) in [5, 5.41) is 2.50. The number of carbonyl (C=O) groups is 3. The van der Waals surface area contributed by atoms with Crippen LogP contribution in [0.3, 0.4) is 0 Å². The Hall–Kier alpha value is -2.01. The van der Waals surface area contributed by atoms with Crippen molar-refractivity contribution in [3.8, 4) is 0 Å². The molecule has 0 aliphatic heterocycles. The van der Waals surface area contributed by atoms with E-state index in [-0.39, 0.29) is 37.0 Å². The quantitative estimate of drug-likeness (QED) is 0.725. The highest BCUT2D eigenvalue weighted by Crippen LogP contribution is 2.09. The molecule has 5 nitrogen and oxygen atoms in total. The smallest absolute Gasteiger partial charge is 0.223 e. The predicted octanol–water partition coefficient (Wildman–Crippen LogP) is 1.23. The van der Waals surface area contributed by atoms with Gasteiger partial charge in [0.1, 0.15) is 6.61 Å².